The molecule has 2 aliphatic rings. The number of hydrogen-bond acceptors (Lipinski definition) is 2. The van der Waals surface area contributed by atoms with Crippen molar-refractivity contribution in [3.63, 3.8) is 0 Å². The number of nitrogens with one attached hydrogen (secondary N) is 2. The van der Waals surface area contributed by atoms with E-state index in [-0.39, 0.29) is 17.7 Å². The van der Waals surface area contributed by atoms with Crippen LogP contribution in [0, 0.1) is 0 Å². The van der Waals surface area contributed by atoms with Gasteiger partial charge in [-0.25, -0.2) is 0 Å². The van der Waals surface area contributed by atoms with Crippen molar-refractivity contribution in [1.29, 1.82) is 0 Å². The number of benzene rings is 6. The van der Waals surface area contributed by atoms with Gasteiger partial charge in [0.2, 0.25) is 0 Å². The Labute approximate surface area is 257 Å². The van der Waals surface area contributed by atoms with Crippen LogP contribution in [0.3, 0.4) is 0 Å². The van der Waals surface area contributed by atoms with Gasteiger partial charge in [-0.1, -0.05) is 129 Å². The maximum atomic E-state index is 3.96. The molecular formula is C41H33N3. The van der Waals surface area contributed by atoms with Gasteiger partial charge < -0.3 is 9.88 Å². The Morgan fingerprint density at radius 2 is 1.32 bits per heavy atom. The van der Waals surface area contributed by atoms with Gasteiger partial charge in [0.25, 0.3) is 0 Å². The summed E-state index contributed by atoms with van der Waals surface area (Å²) in [6.45, 7) is 4.76. The average molecular weight is 568 g/mol. The molecule has 9 rings (SSSR count). The van der Waals surface area contributed by atoms with Gasteiger partial charge in [-0.3, -0.25) is 5.32 Å². The maximum absolute atomic E-state index is 3.96. The highest BCUT2D eigenvalue weighted by atomic mass is 15.3. The SMILES string of the molecule is CC1(C)c2cc3c4ccccc4n(C4NC(c5ccccc5)=CC(c5ccccc5)N4)c3cc2-c2c1ccc1ccccc21. The lowest BCUT2D eigenvalue weighted by molar-refractivity contribution is 0.350. The first-order valence-corrected chi connectivity index (χ1v) is 15.5. The summed E-state index contributed by atoms with van der Waals surface area (Å²) in [5.74, 6) is 0. The number of nitrogens with zero attached hydrogens (tertiary/aromatic N) is 1. The standard InChI is InChI=1S/C41H33N3/c1-41(2)33-22-21-26-13-9-10-18-29(26)39(33)32-24-38-31(23-34(32)41)30-19-11-12-20-37(30)44(38)40-42-35(27-14-5-3-6-15-27)25-36(43-40)28-16-7-4-8-17-28/h3-25,35,40,42-43H,1-2H3. The molecular weight excluding hydrogens is 534 g/mol. The van der Waals surface area contributed by atoms with E-state index in [0.29, 0.717) is 0 Å². The number of fused-ring (bicyclic) bond motifs is 8. The largest absolute Gasteiger partial charge is 0.352 e. The zero-order valence-corrected chi connectivity index (χ0v) is 24.9. The molecule has 7 aromatic rings. The summed E-state index contributed by atoms with van der Waals surface area (Å²) in [4.78, 5) is 0. The lowest BCUT2D eigenvalue weighted by atomic mass is 9.81. The van der Waals surface area contributed by atoms with Gasteiger partial charge in [-0.05, 0) is 68.4 Å². The molecule has 0 saturated heterocycles. The summed E-state index contributed by atoms with van der Waals surface area (Å²) < 4.78 is 2.48. The van der Waals surface area contributed by atoms with Crippen molar-refractivity contribution in [2.45, 2.75) is 31.6 Å². The summed E-state index contributed by atoms with van der Waals surface area (Å²) in [6.07, 6.45) is 2.15. The summed E-state index contributed by atoms with van der Waals surface area (Å²) in [6, 6.07) is 48.7. The summed E-state index contributed by atoms with van der Waals surface area (Å²) in [5, 5.41) is 13.0. The summed E-state index contributed by atoms with van der Waals surface area (Å²) in [5.41, 5.74) is 11.4. The fourth-order valence-electron chi connectivity index (χ4n) is 7.69. The normalized spacial score (nSPS) is 18.6. The first-order valence-electron chi connectivity index (χ1n) is 15.5. The van der Waals surface area contributed by atoms with E-state index in [1.807, 2.05) is 0 Å². The zero-order valence-electron chi connectivity index (χ0n) is 24.9. The third-order valence-electron chi connectivity index (χ3n) is 9.86. The van der Waals surface area contributed by atoms with Gasteiger partial charge in [-0.2, -0.15) is 0 Å². The monoisotopic (exact) mass is 567 g/mol. The van der Waals surface area contributed by atoms with E-state index in [2.05, 4.69) is 169 Å². The highest BCUT2D eigenvalue weighted by Gasteiger charge is 2.38. The van der Waals surface area contributed by atoms with Crippen LogP contribution in [0.2, 0.25) is 0 Å². The van der Waals surface area contributed by atoms with Crippen molar-refractivity contribution < 1.29 is 0 Å². The Morgan fingerprint density at radius 3 is 2.14 bits per heavy atom. The lowest BCUT2D eigenvalue weighted by Crippen LogP contribution is -2.43. The Kier molecular flexibility index (Phi) is 5.45. The maximum Gasteiger partial charge on any atom is 0.160 e. The molecule has 6 aromatic carbocycles. The van der Waals surface area contributed by atoms with Gasteiger partial charge in [0.05, 0.1) is 17.1 Å². The Morgan fingerprint density at radius 1 is 0.614 bits per heavy atom. The second kappa shape index (κ2) is 9.44. The molecule has 1 aliphatic carbocycles. The van der Waals surface area contributed by atoms with Crippen LogP contribution in [0.25, 0.3) is 49.4 Å². The Bertz CT molecular complexity index is 2260. The van der Waals surface area contributed by atoms with Gasteiger partial charge in [0.15, 0.2) is 6.29 Å². The zero-order chi connectivity index (χ0) is 29.4. The second-order valence-electron chi connectivity index (χ2n) is 12.7. The summed E-state index contributed by atoms with van der Waals surface area (Å²) >= 11 is 0. The van der Waals surface area contributed by atoms with Gasteiger partial charge in [0.1, 0.15) is 0 Å². The minimum absolute atomic E-state index is 0.0481. The molecule has 0 amide bonds. The Hall–Kier alpha value is -5.12. The van der Waals surface area contributed by atoms with Gasteiger partial charge in [0, 0.05) is 21.9 Å². The molecule has 44 heavy (non-hydrogen) atoms. The molecule has 0 fully saturated rings. The molecule has 2 unspecified atom stereocenters. The molecule has 2 atom stereocenters. The molecule has 1 aromatic heterocycles. The van der Waals surface area contributed by atoms with E-state index < -0.39 is 0 Å². The number of aromatic nitrogens is 1. The second-order valence-corrected chi connectivity index (χ2v) is 12.7. The molecule has 3 nitrogen and oxygen atoms in total. The van der Waals surface area contributed by atoms with Crippen molar-refractivity contribution in [2.24, 2.45) is 0 Å². The smallest absolute Gasteiger partial charge is 0.160 e. The van der Waals surface area contributed by atoms with Crippen molar-refractivity contribution in [2.75, 3.05) is 0 Å². The lowest BCUT2D eigenvalue weighted by Gasteiger charge is -2.34. The van der Waals surface area contributed by atoms with Crippen LogP contribution in [-0.2, 0) is 5.41 Å². The van der Waals surface area contributed by atoms with Crippen molar-refractivity contribution in [3.8, 4) is 11.1 Å². The van der Waals surface area contributed by atoms with Crippen molar-refractivity contribution in [1.82, 2.24) is 15.2 Å². The quantitative estimate of drug-likeness (QED) is 0.223. The molecule has 0 radical (unpaired) electrons. The topological polar surface area (TPSA) is 29.0 Å². The number of rotatable bonds is 3. The highest BCUT2D eigenvalue weighted by molar-refractivity contribution is 6.12. The average Bonchev–Trinajstić information content (AvgIpc) is 3.52. The van der Waals surface area contributed by atoms with E-state index >= 15 is 0 Å². The number of para-hydroxylation sites is 1. The van der Waals surface area contributed by atoms with E-state index in [1.54, 1.807) is 0 Å². The molecule has 0 bridgehead atoms. The predicted octanol–water partition coefficient (Wildman–Crippen LogP) is 9.69. The van der Waals surface area contributed by atoms with Crippen LogP contribution >= 0.6 is 0 Å². The van der Waals surface area contributed by atoms with E-state index in [0.717, 1.165) is 5.70 Å². The molecule has 1 aliphatic heterocycles. The van der Waals surface area contributed by atoms with Gasteiger partial charge >= 0.3 is 0 Å². The Balaban J connectivity index is 1.30. The molecule has 2 N–H and O–H groups in total. The van der Waals surface area contributed by atoms with Crippen molar-refractivity contribution >= 4 is 38.3 Å². The van der Waals surface area contributed by atoms with Crippen LogP contribution in [0.1, 0.15) is 48.4 Å². The van der Waals surface area contributed by atoms with E-state index in [4.69, 9.17) is 0 Å². The third-order valence-corrected chi connectivity index (χ3v) is 9.86. The van der Waals surface area contributed by atoms with Crippen LogP contribution in [0.4, 0.5) is 0 Å². The van der Waals surface area contributed by atoms with Crippen LogP contribution in [0.15, 0.2) is 140 Å². The first-order chi connectivity index (χ1) is 21.6. The van der Waals surface area contributed by atoms with Crippen LogP contribution < -0.4 is 10.6 Å². The molecule has 3 heteroatoms. The molecule has 0 saturated carbocycles. The van der Waals surface area contributed by atoms with E-state index in [9.17, 15) is 0 Å². The highest BCUT2D eigenvalue weighted by Crippen LogP contribution is 2.53. The third kappa shape index (κ3) is 3.66. The molecule has 0 spiro atoms. The van der Waals surface area contributed by atoms with Gasteiger partial charge in [-0.15, -0.1) is 0 Å². The van der Waals surface area contributed by atoms with E-state index in [1.165, 1.54) is 66.0 Å². The fourth-order valence-corrected chi connectivity index (χ4v) is 7.69. The molecule has 2 heterocycles. The van der Waals surface area contributed by atoms with Crippen LogP contribution in [-0.4, -0.2) is 4.57 Å². The minimum atomic E-state index is -0.165. The first kappa shape index (κ1) is 25.4. The van der Waals surface area contributed by atoms with Crippen LogP contribution in [0.5, 0.6) is 0 Å². The number of hydrogen-bond donors (Lipinski definition) is 2. The van der Waals surface area contributed by atoms with Crippen molar-refractivity contribution in [3.05, 3.63) is 162 Å². The molecule has 212 valence electrons. The predicted molar refractivity (Wildman–Crippen MR) is 183 cm³/mol. The fraction of sp³-hybridized carbons (Fsp3) is 0.122. The minimum Gasteiger partial charge on any atom is -0.352 e. The summed E-state index contributed by atoms with van der Waals surface area (Å²) in [7, 11) is 0.